The molecule has 0 radical (unpaired) electrons. The number of nitrogens with zero attached hydrogens (tertiary/aromatic N) is 4. The zero-order chi connectivity index (χ0) is 23.9. The fraction of sp³-hybridized carbons (Fsp3) is 0.250. The fourth-order valence-corrected chi connectivity index (χ4v) is 4.08. The first kappa shape index (κ1) is 23.4. The number of hydrogen-bond donors (Lipinski definition) is 1. The van der Waals surface area contributed by atoms with Crippen LogP contribution in [-0.4, -0.2) is 59.3 Å². The molecule has 4 rings (SSSR count). The number of thioether (sulfide) groups is 1. The summed E-state index contributed by atoms with van der Waals surface area (Å²) in [6.07, 6.45) is 0.677. The van der Waals surface area contributed by atoms with Crippen molar-refractivity contribution >= 4 is 23.3 Å². The number of nitrogens with one attached hydrogen (secondary N) is 1. The molecule has 0 atom stereocenters. The smallest absolute Gasteiger partial charge is 0.230 e. The van der Waals surface area contributed by atoms with Crippen LogP contribution in [-0.2, 0) is 11.2 Å². The minimum absolute atomic E-state index is 0.0915. The van der Waals surface area contributed by atoms with E-state index in [9.17, 15) is 4.79 Å². The van der Waals surface area contributed by atoms with E-state index in [1.54, 1.807) is 25.8 Å². The number of fused-ring (bicyclic) bond motifs is 1. The van der Waals surface area contributed by atoms with Gasteiger partial charge in [-0.2, -0.15) is 9.61 Å². The number of rotatable bonds is 10. The maximum absolute atomic E-state index is 12.4. The Labute approximate surface area is 201 Å². The summed E-state index contributed by atoms with van der Waals surface area (Å²) in [5, 5.41) is 16.5. The SMILES string of the molecule is COc1cccc(-c2ccc3nnc(SCC(=O)NCCc4ccc(OC)c(OC)c4)n3n2)c1. The Bertz CT molecular complexity index is 1290. The predicted octanol–water partition coefficient (Wildman–Crippen LogP) is 3.27. The molecule has 1 N–H and O–H groups in total. The van der Waals surface area contributed by atoms with Crippen molar-refractivity contribution in [1.82, 2.24) is 25.1 Å². The van der Waals surface area contributed by atoms with Crippen LogP contribution >= 0.6 is 11.8 Å². The third kappa shape index (κ3) is 5.40. The van der Waals surface area contributed by atoms with Crippen molar-refractivity contribution in [2.45, 2.75) is 11.6 Å². The lowest BCUT2D eigenvalue weighted by Crippen LogP contribution is -2.27. The van der Waals surface area contributed by atoms with Crippen molar-refractivity contribution in [2.75, 3.05) is 33.6 Å². The average molecular weight is 480 g/mol. The number of ether oxygens (including phenoxy) is 3. The van der Waals surface area contributed by atoms with E-state index in [1.165, 1.54) is 11.8 Å². The van der Waals surface area contributed by atoms with Crippen LogP contribution in [0.5, 0.6) is 17.2 Å². The van der Waals surface area contributed by atoms with Crippen LogP contribution < -0.4 is 19.5 Å². The second-order valence-corrected chi connectivity index (χ2v) is 8.22. The minimum atomic E-state index is -0.0915. The molecule has 2 aromatic carbocycles. The standard InChI is InChI=1S/C24H25N5O4S/c1-31-18-6-4-5-17(14-18)19-8-10-22-26-27-24(29(22)28-19)34-15-23(30)25-12-11-16-7-9-20(32-2)21(13-16)33-3/h4-10,13-14H,11-12,15H2,1-3H3,(H,25,30). The van der Waals surface area contributed by atoms with Crippen LogP contribution in [0.4, 0.5) is 0 Å². The van der Waals surface area contributed by atoms with Crippen LogP contribution in [0.15, 0.2) is 59.8 Å². The van der Waals surface area contributed by atoms with Crippen LogP contribution in [0.25, 0.3) is 16.9 Å². The highest BCUT2D eigenvalue weighted by molar-refractivity contribution is 7.99. The largest absolute Gasteiger partial charge is 0.497 e. The lowest BCUT2D eigenvalue weighted by atomic mass is 10.1. The Morgan fingerprint density at radius 2 is 1.82 bits per heavy atom. The second-order valence-electron chi connectivity index (χ2n) is 7.28. The van der Waals surface area contributed by atoms with Gasteiger partial charge in [0.05, 0.1) is 32.8 Å². The van der Waals surface area contributed by atoms with Crippen LogP contribution in [0, 0.1) is 0 Å². The number of aromatic nitrogens is 4. The third-order valence-electron chi connectivity index (χ3n) is 5.12. The molecule has 1 amide bonds. The summed E-state index contributed by atoms with van der Waals surface area (Å²) < 4.78 is 17.5. The third-order valence-corrected chi connectivity index (χ3v) is 6.04. The number of benzene rings is 2. The molecule has 34 heavy (non-hydrogen) atoms. The molecule has 9 nitrogen and oxygen atoms in total. The molecule has 0 aliphatic heterocycles. The van der Waals surface area contributed by atoms with Crippen molar-refractivity contribution in [3.05, 3.63) is 60.2 Å². The summed E-state index contributed by atoms with van der Waals surface area (Å²) in [6.45, 7) is 0.508. The van der Waals surface area contributed by atoms with Crippen molar-refractivity contribution in [2.24, 2.45) is 0 Å². The molecule has 176 valence electrons. The zero-order valence-electron chi connectivity index (χ0n) is 19.1. The molecule has 0 aliphatic carbocycles. The van der Waals surface area contributed by atoms with Crippen molar-refractivity contribution in [3.63, 3.8) is 0 Å². The van der Waals surface area contributed by atoms with E-state index < -0.39 is 0 Å². The van der Waals surface area contributed by atoms with Gasteiger partial charge in [-0.3, -0.25) is 4.79 Å². The Morgan fingerprint density at radius 1 is 0.971 bits per heavy atom. The van der Waals surface area contributed by atoms with Gasteiger partial charge in [-0.1, -0.05) is 30.0 Å². The molecule has 0 aliphatic rings. The Balaban J connectivity index is 1.35. The second kappa shape index (κ2) is 10.9. The molecule has 0 unspecified atom stereocenters. The van der Waals surface area contributed by atoms with Gasteiger partial charge >= 0.3 is 0 Å². The summed E-state index contributed by atoms with van der Waals surface area (Å²) >= 11 is 1.29. The normalized spacial score (nSPS) is 10.8. The highest BCUT2D eigenvalue weighted by atomic mass is 32.2. The lowest BCUT2D eigenvalue weighted by Gasteiger charge is -2.10. The van der Waals surface area contributed by atoms with Gasteiger partial charge in [0.2, 0.25) is 11.1 Å². The average Bonchev–Trinajstić information content (AvgIpc) is 3.29. The molecular formula is C24H25N5O4S. The summed E-state index contributed by atoms with van der Waals surface area (Å²) in [5.74, 6) is 2.21. The highest BCUT2D eigenvalue weighted by Gasteiger charge is 2.12. The van der Waals surface area contributed by atoms with E-state index in [-0.39, 0.29) is 11.7 Å². The van der Waals surface area contributed by atoms with Crippen LogP contribution in [0.1, 0.15) is 5.56 Å². The van der Waals surface area contributed by atoms with Gasteiger partial charge in [-0.25, -0.2) is 0 Å². The molecule has 0 spiro atoms. The van der Waals surface area contributed by atoms with Crippen molar-refractivity contribution < 1.29 is 19.0 Å². The maximum atomic E-state index is 12.4. The van der Waals surface area contributed by atoms with Crippen LogP contribution in [0.3, 0.4) is 0 Å². The van der Waals surface area contributed by atoms with Gasteiger partial charge in [-0.15, -0.1) is 10.2 Å². The van der Waals surface area contributed by atoms with E-state index in [2.05, 4.69) is 20.6 Å². The summed E-state index contributed by atoms with van der Waals surface area (Å²) in [6, 6.07) is 17.1. The van der Waals surface area contributed by atoms with E-state index >= 15 is 0 Å². The minimum Gasteiger partial charge on any atom is -0.497 e. The number of hydrogen-bond acceptors (Lipinski definition) is 8. The Hall–Kier alpha value is -3.79. The molecule has 2 aromatic heterocycles. The van der Waals surface area contributed by atoms with E-state index in [1.807, 2.05) is 54.6 Å². The molecular weight excluding hydrogens is 454 g/mol. The number of methoxy groups -OCH3 is 3. The van der Waals surface area contributed by atoms with Gasteiger partial charge in [0.1, 0.15) is 5.75 Å². The summed E-state index contributed by atoms with van der Waals surface area (Å²) in [4.78, 5) is 12.4. The van der Waals surface area contributed by atoms with E-state index in [0.717, 1.165) is 22.6 Å². The Kier molecular flexibility index (Phi) is 7.48. The number of carbonyl (C=O) groups excluding carboxylic acids is 1. The molecule has 4 aromatic rings. The van der Waals surface area contributed by atoms with Crippen molar-refractivity contribution in [3.8, 4) is 28.5 Å². The Morgan fingerprint density at radius 3 is 2.62 bits per heavy atom. The van der Waals surface area contributed by atoms with Gasteiger partial charge < -0.3 is 19.5 Å². The van der Waals surface area contributed by atoms with Crippen molar-refractivity contribution in [1.29, 1.82) is 0 Å². The molecule has 0 bridgehead atoms. The van der Waals surface area contributed by atoms with Gasteiger partial charge in [0.25, 0.3) is 0 Å². The molecule has 0 fully saturated rings. The van der Waals surface area contributed by atoms with E-state index in [0.29, 0.717) is 35.3 Å². The first-order chi connectivity index (χ1) is 16.6. The molecule has 0 saturated carbocycles. The topological polar surface area (TPSA) is 99.9 Å². The van der Waals surface area contributed by atoms with Gasteiger partial charge in [0, 0.05) is 12.1 Å². The van der Waals surface area contributed by atoms with E-state index in [4.69, 9.17) is 14.2 Å². The first-order valence-corrected chi connectivity index (χ1v) is 11.6. The van der Waals surface area contributed by atoms with Gasteiger partial charge in [-0.05, 0) is 48.4 Å². The number of carbonyl (C=O) groups is 1. The zero-order valence-corrected chi connectivity index (χ0v) is 20.0. The summed E-state index contributed by atoms with van der Waals surface area (Å²) in [7, 11) is 4.83. The lowest BCUT2D eigenvalue weighted by molar-refractivity contribution is -0.118. The monoisotopic (exact) mass is 479 g/mol. The molecule has 0 saturated heterocycles. The summed E-state index contributed by atoms with van der Waals surface area (Å²) in [5.41, 5.74) is 3.33. The number of amides is 1. The fourth-order valence-electron chi connectivity index (χ4n) is 3.36. The van der Waals surface area contributed by atoms with Gasteiger partial charge in [0.15, 0.2) is 17.1 Å². The highest BCUT2D eigenvalue weighted by Crippen LogP contribution is 2.27. The van der Waals surface area contributed by atoms with Crippen LogP contribution in [0.2, 0.25) is 0 Å². The molecule has 2 heterocycles. The first-order valence-electron chi connectivity index (χ1n) is 10.6. The maximum Gasteiger partial charge on any atom is 0.230 e. The quantitative estimate of drug-likeness (QED) is 0.346. The molecule has 10 heteroatoms. The predicted molar refractivity (Wildman–Crippen MR) is 130 cm³/mol.